The molecule has 4 atom stereocenters. The molecule has 0 bridgehead atoms. The number of rotatable bonds is 1. The van der Waals surface area contributed by atoms with Crippen LogP contribution in [0.1, 0.15) is 24.3 Å². The first-order valence-corrected chi connectivity index (χ1v) is 12.0. The van der Waals surface area contributed by atoms with Gasteiger partial charge in [0.25, 0.3) is 0 Å². The molecule has 1 fully saturated rings. The van der Waals surface area contributed by atoms with E-state index in [4.69, 9.17) is 0 Å². The van der Waals surface area contributed by atoms with Crippen molar-refractivity contribution in [1.82, 2.24) is 4.90 Å². The summed E-state index contributed by atoms with van der Waals surface area (Å²) in [5, 5.41) is 12.8. The summed E-state index contributed by atoms with van der Waals surface area (Å²) < 4.78 is 0.184. The lowest BCUT2D eigenvalue weighted by Crippen LogP contribution is -2.39. The highest BCUT2D eigenvalue weighted by Crippen LogP contribution is 2.56. The van der Waals surface area contributed by atoms with Gasteiger partial charge in [-0.2, -0.15) is 0 Å². The Hall–Kier alpha value is -3.32. The van der Waals surface area contributed by atoms with Crippen molar-refractivity contribution in [2.24, 2.45) is 17.8 Å². The summed E-state index contributed by atoms with van der Waals surface area (Å²) in [7, 11) is 1.50. The number of phenolic OH excluding ortho intramolecular Hbond substituents is 1. The molecule has 6 rings (SSSR count). The van der Waals surface area contributed by atoms with Crippen LogP contribution in [0.25, 0.3) is 10.8 Å². The Bertz CT molecular complexity index is 1450. The van der Waals surface area contributed by atoms with Crippen molar-refractivity contribution in [2.45, 2.75) is 18.8 Å². The summed E-state index contributed by atoms with van der Waals surface area (Å²) in [6, 6.07) is 11.1. The zero-order valence-electron chi connectivity index (χ0n) is 18.2. The standard InChI is InChI=1S/C27H20BrNO5/c1-29-26(33)16-9-8-14-17(22(16)27(29)34)10-18-23(20(30)11-19(28)25(18)32)21(14)15-7-6-12-4-2-3-5-13(12)24(15)31/h2-8,11,16-17,21-22,31H,9-10H2,1H3. The number of Topliss-reactive ketones (excluding diaryl/α,β-unsaturated/α-hetero) is 1. The topological polar surface area (TPSA) is 91.8 Å². The van der Waals surface area contributed by atoms with Crippen LogP contribution in [-0.4, -0.2) is 40.4 Å². The Morgan fingerprint density at radius 2 is 1.76 bits per heavy atom. The highest BCUT2D eigenvalue weighted by molar-refractivity contribution is 9.12. The van der Waals surface area contributed by atoms with Crippen LogP contribution in [0.5, 0.6) is 5.75 Å². The summed E-state index contributed by atoms with van der Waals surface area (Å²) in [6.45, 7) is 0. The molecule has 34 heavy (non-hydrogen) atoms. The van der Waals surface area contributed by atoms with E-state index in [0.717, 1.165) is 11.0 Å². The number of fused-ring (bicyclic) bond motifs is 4. The highest BCUT2D eigenvalue weighted by Gasteiger charge is 2.55. The lowest BCUT2D eigenvalue weighted by Gasteiger charge is -2.42. The molecule has 0 saturated carbocycles. The third-order valence-corrected chi connectivity index (χ3v) is 8.38. The lowest BCUT2D eigenvalue weighted by molar-refractivity contribution is -0.138. The minimum atomic E-state index is -0.665. The first kappa shape index (κ1) is 21.2. The minimum absolute atomic E-state index is 0.0541. The van der Waals surface area contributed by atoms with Crippen molar-refractivity contribution in [3.63, 3.8) is 0 Å². The Morgan fingerprint density at radius 1 is 1.00 bits per heavy atom. The third kappa shape index (κ3) is 2.73. The van der Waals surface area contributed by atoms with E-state index in [2.05, 4.69) is 15.9 Å². The number of phenols is 1. The number of halogens is 1. The molecule has 4 aliphatic rings. The zero-order valence-corrected chi connectivity index (χ0v) is 19.8. The molecular formula is C27H20BrNO5. The summed E-state index contributed by atoms with van der Waals surface area (Å²) in [6.07, 6.45) is 3.84. The number of allylic oxidation sites excluding steroid dienone is 6. The van der Waals surface area contributed by atoms with Gasteiger partial charge in [-0.05, 0) is 40.1 Å². The van der Waals surface area contributed by atoms with Gasteiger partial charge in [-0.15, -0.1) is 0 Å². The van der Waals surface area contributed by atoms with Gasteiger partial charge in [0.05, 0.1) is 16.3 Å². The first-order valence-electron chi connectivity index (χ1n) is 11.2. The van der Waals surface area contributed by atoms with E-state index in [1.807, 2.05) is 36.4 Å². The molecule has 3 aliphatic carbocycles. The van der Waals surface area contributed by atoms with E-state index in [-0.39, 0.29) is 40.0 Å². The first-order chi connectivity index (χ1) is 16.3. The number of ketones is 2. The number of imide groups is 1. The highest BCUT2D eigenvalue weighted by atomic mass is 79.9. The number of benzene rings is 2. The molecule has 1 heterocycles. The second kappa shape index (κ2) is 7.34. The lowest BCUT2D eigenvalue weighted by atomic mass is 9.59. The predicted octanol–water partition coefficient (Wildman–Crippen LogP) is 3.94. The molecule has 2 aromatic rings. The van der Waals surface area contributed by atoms with Crippen LogP contribution in [-0.2, 0) is 19.2 Å². The van der Waals surface area contributed by atoms with Gasteiger partial charge in [0.2, 0.25) is 11.8 Å². The van der Waals surface area contributed by atoms with E-state index in [1.54, 1.807) is 6.07 Å². The van der Waals surface area contributed by atoms with Gasteiger partial charge >= 0.3 is 0 Å². The predicted molar refractivity (Wildman–Crippen MR) is 128 cm³/mol. The fourth-order valence-electron chi connectivity index (χ4n) is 6.22. The van der Waals surface area contributed by atoms with Gasteiger partial charge in [0.15, 0.2) is 11.6 Å². The van der Waals surface area contributed by atoms with Crippen molar-refractivity contribution >= 4 is 50.1 Å². The number of likely N-dealkylation sites (tertiary alicyclic amines) is 1. The normalized spacial score (nSPS) is 28.6. The maximum atomic E-state index is 13.3. The fraction of sp³-hybridized carbons (Fsp3) is 0.259. The van der Waals surface area contributed by atoms with Crippen molar-refractivity contribution in [3.8, 4) is 5.75 Å². The number of carbonyl (C=O) groups excluding carboxylic acids is 4. The van der Waals surface area contributed by atoms with Gasteiger partial charge in [-0.25, -0.2) is 0 Å². The maximum Gasteiger partial charge on any atom is 0.233 e. The Morgan fingerprint density at radius 3 is 2.56 bits per heavy atom. The van der Waals surface area contributed by atoms with Crippen LogP contribution >= 0.6 is 15.9 Å². The van der Waals surface area contributed by atoms with Crippen LogP contribution in [0, 0.1) is 17.8 Å². The summed E-state index contributed by atoms with van der Waals surface area (Å²) >= 11 is 3.22. The third-order valence-electron chi connectivity index (χ3n) is 7.79. The molecule has 4 unspecified atom stereocenters. The summed E-state index contributed by atoms with van der Waals surface area (Å²) in [5.74, 6) is -3.08. The smallest absolute Gasteiger partial charge is 0.233 e. The average Bonchev–Trinajstić information content (AvgIpc) is 3.06. The summed E-state index contributed by atoms with van der Waals surface area (Å²) in [4.78, 5) is 53.4. The van der Waals surface area contributed by atoms with E-state index < -0.39 is 23.7 Å². The minimum Gasteiger partial charge on any atom is -0.507 e. The Kier molecular flexibility index (Phi) is 4.58. The quantitative estimate of drug-likeness (QED) is 0.351. The van der Waals surface area contributed by atoms with Gasteiger partial charge in [0.1, 0.15) is 5.75 Å². The molecule has 0 radical (unpaired) electrons. The molecule has 0 spiro atoms. The Balaban J connectivity index is 1.60. The van der Waals surface area contributed by atoms with Crippen LogP contribution in [0.4, 0.5) is 0 Å². The fourth-order valence-corrected chi connectivity index (χ4v) is 6.67. The maximum absolute atomic E-state index is 13.3. The second-order valence-electron chi connectivity index (χ2n) is 9.35. The van der Waals surface area contributed by atoms with Crippen molar-refractivity contribution < 1.29 is 24.3 Å². The second-order valence-corrected chi connectivity index (χ2v) is 10.2. The van der Waals surface area contributed by atoms with E-state index in [0.29, 0.717) is 28.5 Å². The molecule has 1 saturated heterocycles. The number of nitrogens with zero attached hydrogens (tertiary/aromatic N) is 1. The van der Waals surface area contributed by atoms with Crippen molar-refractivity contribution in [3.05, 3.63) is 75.3 Å². The van der Waals surface area contributed by atoms with Crippen LogP contribution in [0.2, 0.25) is 0 Å². The molecule has 2 aromatic carbocycles. The molecule has 1 N–H and O–H groups in total. The summed E-state index contributed by atoms with van der Waals surface area (Å²) in [5.41, 5.74) is 2.06. The van der Waals surface area contributed by atoms with E-state index in [1.165, 1.54) is 18.0 Å². The van der Waals surface area contributed by atoms with E-state index >= 15 is 0 Å². The van der Waals surface area contributed by atoms with Crippen molar-refractivity contribution in [2.75, 3.05) is 7.05 Å². The van der Waals surface area contributed by atoms with Crippen molar-refractivity contribution in [1.29, 1.82) is 0 Å². The van der Waals surface area contributed by atoms with Crippen LogP contribution in [0.15, 0.2) is 69.8 Å². The number of hydrogen-bond donors (Lipinski definition) is 1. The molecular weight excluding hydrogens is 498 g/mol. The van der Waals surface area contributed by atoms with Gasteiger partial charge in [0, 0.05) is 41.1 Å². The van der Waals surface area contributed by atoms with Gasteiger partial charge in [-0.3, -0.25) is 24.1 Å². The molecule has 2 amide bonds. The largest absolute Gasteiger partial charge is 0.507 e. The van der Waals surface area contributed by atoms with Crippen LogP contribution < -0.4 is 0 Å². The molecule has 1 aliphatic heterocycles. The number of carbonyl (C=O) groups is 4. The van der Waals surface area contributed by atoms with E-state index in [9.17, 15) is 24.3 Å². The molecule has 170 valence electrons. The zero-order chi connectivity index (χ0) is 23.9. The monoisotopic (exact) mass is 517 g/mol. The Labute approximate surface area is 203 Å². The van der Waals surface area contributed by atoms with Gasteiger partial charge < -0.3 is 5.11 Å². The molecule has 6 nitrogen and oxygen atoms in total. The molecule has 7 heteroatoms. The number of aromatic hydroxyl groups is 1. The van der Waals surface area contributed by atoms with Crippen LogP contribution in [0.3, 0.4) is 0 Å². The average molecular weight is 518 g/mol. The SMILES string of the molecule is CN1C(=O)C2CC=C3C(c4ccc5ccccc5c4O)C4=C(CC3C2C1=O)C(=O)C(Br)=CC4=O. The number of hydrogen-bond acceptors (Lipinski definition) is 5. The number of amides is 2. The molecule has 0 aromatic heterocycles. The van der Waals surface area contributed by atoms with Gasteiger partial charge in [-0.1, -0.05) is 48.0 Å².